The Bertz CT molecular complexity index is 939. The number of carbonyl (C=O) groups is 1. The predicted octanol–water partition coefficient (Wildman–Crippen LogP) is 2.33. The molecule has 1 aliphatic heterocycles. The number of aryl methyl sites for hydroxylation is 1. The smallest absolute Gasteiger partial charge is 0.250 e. The number of H-pyrrole nitrogens is 1. The van der Waals surface area contributed by atoms with Gasteiger partial charge < -0.3 is 15.6 Å². The highest BCUT2D eigenvalue weighted by molar-refractivity contribution is 6.04. The van der Waals surface area contributed by atoms with Crippen LogP contribution in [0.15, 0.2) is 42.5 Å². The van der Waals surface area contributed by atoms with Gasteiger partial charge in [-0.2, -0.15) is 0 Å². The molecule has 2 heterocycles. The summed E-state index contributed by atoms with van der Waals surface area (Å²) in [7, 11) is 0. The summed E-state index contributed by atoms with van der Waals surface area (Å²) in [6.45, 7) is 7.03. The number of benzene rings is 2. The summed E-state index contributed by atoms with van der Waals surface area (Å²) in [5, 5.41) is 0. The molecule has 0 spiro atoms. The highest BCUT2D eigenvalue weighted by Gasteiger charge is 2.20. The van der Waals surface area contributed by atoms with Gasteiger partial charge in [0.2, 0.25) is 5.95 Å². The number of fused-ring (bicyclic) bond motifs is 1. The fourth-order valence-electron chi connectivity index (χ4n) is 3.60. The quantitative estimate of drug-likeness (QED) is 0.729. The van der Waals surface area contributed by atoms with E-state index in [1.807, 2.05) is 12.1 Å². The van der Waals surface area contributed by atoms with Gasteiger partial charge in [0.05, 0.1) is 16.6 Å². The fourth-order valence-corrected chi connectivity index (χ4v) is 3.60. The number of carbonyl (C=O) groups excluding carboxylic acids is 1. The molecule has 27 heavy (non-hydrogen) atoms. The molecule has 0 aliphatic carbocycles. The number of aromatic nitrogens is 2. The summed E-state index contributed by atoms with van der Waals surface area (Å²) in [5.74, 6) is 0.383. The van der Waals surface area contributed by atoms with E-state index in [1.165, 1.54) is 11.1 Å². The molecule has 2 aromatic carbocycles. The molecule has 1 aliphatic rings. The fraction of sp³-hybridized carbons (Fsp3) is 0.333. The summed E-state index contributed by atoms with van der Waals surface area (Å²) in [5.41, 5.74) is 10.2. The lowest BCUT2D eigenvalue weighted by Crippen LogP contribution is -2.47. The number of nitrogens with two attached hydrogens (primary N) is 1. The Morgan fingerprint density at radius 2 is 1.85 bits per heavy atom. The van der Waals surface area contributed by atoms with Gasteiger partial charge in [0.25, 0.3) is 5.91 Å². The van der Waals surface area contributed by atoms with E-state index in [1.54, 1.807) is 6.07 Å². The number of rotatable bonds is 5. The average molecular weight is 363 g/mol. The van der Waals surface area contributed by atoms with Gasteiger partial charge in [0.1, 0.15) is 0 Å². The molecule has 0 radical (unpaired) electrons. The van der Waals surface area contributed by atoms with Crippen molar-refractivity contribution in [2.24, 2.45) is 5.73 Å². The number of hydrogen-bond acceptors (Lipinski definition) is 4. The molecule has 6 nitrogen and oxygen atoms in total. The van der Waals surface area contributed by atoms with Crippen LogP contribution in [0.2, 0.25) is 0 Å². The van der Waals surface area contributed by atoms with Crippen molar-refractivity contribution in [3.8, 4) is 0 Å². The van der Waals surface area contributed by atoms with Gasteiger partial charge in [0, 0.05) is 32.7 Å². The Hall–Kier alpha value is -2.86. The number of primary amides is 1. The molecule has 6 heteroatoms. The van der Waals surface area contributed by atoms with Gasteiger partial charge in [-0.3, -0.25) is 9.69 Å². The van der Waals surface area contributed by atoms with Crippen molar-refractivity contribution in [3.05, 3.63) is 59.2 Å². The van der Waals surface area contributed by atoms with Crippen molar-refractivity contribution < 1.29 is 4.79 Å². The number of nitrogens with one attached hydrogen (secondary N) is 1. The first-order chi connectivity index (χ1) is 13.1. The van der Waals surface area contributed by atoms with Gasteiger partial charge in [-0.25, -0.2) is 4.98 Å². The molecule has 0 atom stereocenters. The van der Waals surface area contributed by atoms with E-state index < -0.39 is 5.91 Å². The summed E-state index contributed by atoms with van der Waals surface area (Å²) in [4.78, 5) is 24.3. The second-order valence-electron chi connectivity index (χ2n) is 7.19. The van der Waals surface area contributed by atoms with E-state index in [2.05, 4.69) is 51.0 Å². The van der Waals surface area contributed by atoms with Crippen molar-refractivity contribution in [2.45, 2.75) is 13.3 Å². The molecule has 3 N–H and O–H groups in total. The number of amides is 1. The van der Waals surface area contributed by atoms with Crippen LogP contribution in [0, 0.1) is 6.92 Å². The first-order valence-corrected chi connectivity index (χ1v) is 9.41. The van der Waals surface area contributed by atoms with Crippen LogP contribution in [0.5, 0.6) is 0 Å². The Morgan fingerprint density at radius 3 is 2.56 bits per heavy atom. The third kappa shape index (κ3) is 3.80. The van der Waals surface area contributed by atoms with Crippen LogP contribution >= 0.6 is 0 Å². The molecule has 1 fully saturated rings. The monoisotopic (exact) mass is 363 g/mol. The lowest BCUT2D eigenvalue weighted by molar-refractivity contribution is 0.100. The van der Waals surface area contributed by atoms with Crippen LogP contribution in [-0.4, -0.2) is 53.5 Å². The number of para-hydroxylation sites is 1. The minimum atomic E-state index is -0.434. The normalized spacial score (nSPS) is 15.4. The average Bonchev–Trinajstić information content (AvgIpc) is 3.12. The second kappa shape index (κ2) is 7.40. The lowest BCUT2D eigenvalue weighted by atomic mass is 10.1. The molecule has 0 bridgehead atoms. The van der Waals surface area contributed by atoms with E-state index in [-0.39, 0.29) is 0 Å². The Labute approximate surface area is 159 Å². The predicted molar refractivity (Wildman–Crippen MR) is 108 cm³/mol. The maximum Gasteiger partial charge on any atom is 0.250 e. The number of aromatic amines is 1. The molecule has 0 unspecified atom stereocenters. The van der Waals surface area contributed by atoms with E-state index in [0.29, 0.717) is 5.56 Å². The second-order valence-corrected chi connectivity index (χ2v) is 7.19. The zero-order valence-corrected chi connectivity index (χ0v) is 15.6. The molecular weight excluding hydrogens is 338 g/mol. The number of imidazole rings is 1. The number of piperazine rings is 1. The standard InChI is InChI=1S/C21H25N5O/c1-15-5-7-16(8-6-15)9-10-25-11-13-26(14-12-25)21-23-18-4-2-3-17(20(22)27)19(18)24-21/h2-8H,9-14H2,1H3,(H2,22,27)(H,23,24). The lowest BCUT2D eigenvalue weighted by Gasteiger charge is -2.34. The first kappa shape index (κ1) is 17.5. The van der Waals surface area contributed by atoms with Gasteiger partial charge in [-0.05, 0) is 31.0 Å². The van der Waals surface area contributed by atoms with Gasteiger partial charge in [0.15, 0.2) is 0 Å². The van der Waals surface area contributed by atoms with Crippen molar-refractivity contribution in [3.63, 3.8) is 0 Å². The summed E-state index contributed by atoms with van der Waals surface area (Å²) < 4.78 is 0. The van der Waals surface area contributed by atoms with E-state index >= 15 is 0 Å². The summed E-state index contributed by atoms with van der Waals surface area (Å²) >= 11 is 0. The van der Waals surface area contributed by atoms with Gasteiger partial charge in [-0.1, -0.05) is 35.9 Å². The highest BCUT2D eigenvalue weighted by Crippen LogP contribution is 2.21. The molecule has 140 valence electrons. The zero-order chi connectivity index (χ0) is 18.8. The van der Waals surface area contributed by atoms with E-state index in [0.717, 1.165) is 56.1 Å². The topological polar surface area (TPSA) is 78.2 Å². The number of anilines is 1. The number of nitrogens with zero attached hydrogens (tertiary/aromatic N) is 3. The van der Waals surface area contributed by atoms with Crippen molar-refractivity contribution in [1.29, 1.82) is 0 Å². The Kier molecular flexibility index (Phi) is 4.81. The molecule has 1 saturated heterocycles. The van der Waals surface area contributed by atoms with Crippen LogP contribution in [0.1, 0.15) is 21.5 Å². The van der Waals surface area contributed by atoms with Crippen LogP contribution < -0.4 is 10.6 Å². The molecule has 3 aromatic rings. The first-order valence-electron chi connectivity index (χ1n) is 9.41. The Balaban J connectivity index is 1.37. The summed E-state index contributed by atoms with van der Waals surface area (Å²) in [6.07, 6.45) is 1.08. The van der Waals surface area contributed by atoms with Crippen molar-refractivity contribution in [2.75, 3.05) is 37.6 Å². The van der Waals surface area contributed by atoms with Crippen molar-refractivity contribution >= 4 is 22.9 Å². The molecule has 1 aromatic heterocycles. The molecule has 0 saturated carbocycles. The van der Waals surface area contributed by atoms with E-state index in [9.17, 15) is 4.79 Å². The van der Waals surface area contributed by atoms with Crippen LogP contribution in [0.25, 0.3) is 11.0 Å². The highest BCUT2D eigenvalue weighted by atomic mass is 16.1. The third-order valence-corrected chi connectivity index (χ3v) is 5.28. The number of hydrogen-bond donors (Lipinski definition) is 2. The van der Waals surface area contributed by atoms with Crippen LogP contribution in [-0.2, 0) is 6.42 Å². The van der Waals surface area contributed by atoms with E-state index in [4.69, 9.17) is 5.73 Å². The largest absolute Gasteiger partial charge is 0.366 e. The third-order valence-electron chi connectivity index (χ3n) is 5.28. The maximum absolute atomic E-state index is 11.6. The van der Waals surface area contributed by atoms with Crippen molar-refractivity contribution in [1.82, 2.24) is 14.9 Å². The summed E-state index contributed by atoms with van der Waals surface area (Å²) in [6, 6.07) is 14.2. The molecular formula is C21H25N5O. The van der Waals surface area contributed by atoms with Crippen LogP contribution in [0.3, 0.4) is 0 Å². The maximum atomic E-state index is 11.6. The molecule has 1 amide bonds. The SMILES string of the molecule is Cc1ccc(CCN2CCN(c3nc4cccc(C(N)=O)c4[nH]3)CC2)cc1. The van der Waals surface area contributed by atoms with Gasteiger partial charge in [-0.15, -0.1) is 0 Å². The minimum Gasteiger partial charge on any atom is -0.366 e. The molecule has 4 rings (SSSR count). The van der Waals surface area contributed by atoms with Crippen LogP contribution in [0.4, 0.5) is 5.95 Å². The van der Waals surface area contributed by atoms with Gasteiger partial charge >= 0.3 is 0 Å². The zero-order valence-electron chi connectivity index (χ0n) is 15.6. The minimum absolute atomic E-state index is 0.434. The Morgan fingerprint density at radius 1 is 1.11 bits per heavy atom.